The molecule has 0 fully saturated rings. The van der Waals surface area contributed by atoms with Crippen molar-refractivity contribution in [1.29, 1.82) is 0 Å². The molecule has 6 heteroatoms. The molecule has 1 unspecified atom stereocenters. The van der Waals surface area contributed by atoms with Crippen LogP contribution in [0, 0.1) is 5.92 Å². The number of rotatable bonds is 3. The van der Waals surface area contributed by atoms with E-state index in [1.807, 2.05) is 0 Å². The van der Waals surface area contributed by atoms with Gasteiger partial charge in [-0.05, 0) is 38.1 Å². The maximum Gasteiger partial charge on any atom is 0.319 e. The van der Waals surface area contributed by atoms with E-state index in [2.05, 4.69) is 10.3 Å². The van der Waals surface area contributed by atoms with Crippen LogP contribution in [0.25, 0.3) is 0 Å². The van der Waals surface area contributed by atoms with Gasteiger partial charge in [0.05, 0.1) is 12.1 Å². The summed E-state index contributed by atoms with van der Waals surface area (Å²) in [6, 6.07) is 8.03. The van der Waals surface area contributed by atoms with E-state index in [-0.39, 0.29) is 18.1 Å². The molecule has 1 aromatic heterocycles. The average Bonchev–Trinajstić information content (AvgIpc) is 3.01. The number of aromatic nitrogens is 1. The number of benzene rings is 1. The first-order valence-corrected chi connectivity index (χ1v) is 7.43. The highest BCUT2D eigenvalue weighted by molar-refractivity contribution is 6.14. The van der Waals surface area contributed by atoms with Gasteiger partial charge in [0.15, 0.2) is 5.78 Å². The Morgan fingerprint density at radius 1 is 1.39 bits per heavy atom. The lowest BCUT2D eigenvalue weighted by Gasteiger charge is -2.40. The summed E-state index contributed by atoms with van der Waals surface area (Å²) in [6.45, 7) is 3.67. The highest BCUT2D eigenvalue weighted by Crippen LogP contribution is 2.42. The second kappa shape index (κ2) is 5.46. The highest BCUT2D eigenvalue weighted by atomic mass is 16.5. The lowest BCUT2D eigenvalue weighted by Crippen LogP contribution is -2.52. The van der Waals surface area contributed by atoms with Gasteiger partial charge in [0.1, 0.15) is 11.7 Å². The highest BCUT2D eigenvalue weighted by Gasteiger charge is 2.51. The molecular formula is C17H18N2O4. The Morgan fingerprint density at radius 3 is 2.83 bits per heavy atom. The summed E-state index contributed by atoms with van der Waals surface area (Å²) in [7, 11) is 0. The third kappa shape index (κ3) is 2.36. The normalized spacial score (nSPS) is 23.0. The molecule has 6 nitrogen and oxygen atoms in total. The van der Waals surface area contributed by atoms with E-state index in [1.54, 1.807) is 32.2 Å². The second-order valence-corrected chi connectivity index (χ2v) is 5.69. The van der Waals surface area contributed by atoms with Gasteiger partial charge in [-0.1, -0.05) is 0 Å². The quantitative estimate of drug-likeness (QED) is 0.598. The van der Waals surface area contributed by atoms with Crippen LogP contribution < -0.4 is 5.32 Å². The number of ketones is 1. The van der Waals surface area contributed by atoms with E-state index in [0.29, 0.717) is 16.9 Å². The molecule has 0 aliphatic carbocycles. The largest absolute Gasteiger partial charge is 0.508 e. The summed E-state index contributed by atoms with van der Waals surface area (Å²) in [6.07, 6.45) is 1.73. The zero-order chi connectivity index (χ0) is 16.6. The van der Waals surface area contributed by atoms with Crippen LogP contribution in [0.2, 0.25) is 0 Å². The number of Topliss-reactive ketones (excluding diaryl/α,β-unsaturated/α-hetero) is 1. The number of hydrogen-bond acceptors (Lipinski definition) is 5. The van der Waals surface area contributed by atoms with Gasteiger partial charge in [-0.2, -0.15) is 0 Å². The maximum atomic E-state index is 12.9. The number of hydrogen-bond donors (Lipinski definition) is 3. The number of carbonyl (C=O) groups excluding carboxylic acids is 2. The van der Waals surface area contributed by atoms with Crippen LogP contribution >= 0.6 is 0 Å². The summed E-state index contributed by atoms with van der Waals surface area (Å²) in [4.78, 5) is 28.4. The van der Waals surface area contributed by atoms with Crippen LogP contribution in [0.15, 0.2) is 36.5 Å². The number of aromatic hydroxyl groups is 1. The van der Waals surface area contributed by atoms with Gasteiger partial charge in [0.2, 0.25) is 0 Å². The molecule has 1 aliphatic rings. The fourth-order valence-electron chi connectivity index (χ4n) is 3.06. The molecule has 0 saturated heterocycles. The monoisotopic (exact) mass is 314 g/mol. The fraction of sp³-hybridized carbons (Fsp3) is 0.294. The van der Waals surface area contributed by atoms with E-state index >= 15 is 0 Å². The predicted octanol–water partition coefficient (Wildman–Crippen LogP) is 2.42. The SMILES string of the molecule is CCOC(=O)C1C(=O)c2ccc(O)cc2N[C@@]1(C)c1ccc[nH]1. The number of phenolic OH excluding ortho intramolecular Hbond substituents is 1. The minimum absolute atomic E-state index is 0.0486. The molecule has 2 aromatic rings. The van der Waals surface area contributed by atoms with Crippen molar-refractivity contribution in [3.8, 4) is 5.75 Å². The number of nitrogens with one attached hydrogen (secondary N) is 2. The summed E-state index contributed by atoms with van der Waals surface area (Å²) in [5.41, 5.74) is 0.559. The minimum atomic E-state index is -1.02. The van der Waals surface area contributed by atoms with Gasteiger partial charge in [-0.15, -0.1) is 0 Å². The second-order valence-electron chi connectivity index (χ2n) is 5.69. The summed E-state index contributed by atoms with van der Waals surface area (Å²) >= 11 is 0. The van der Waals surface area contributed by atoms with Gasteiger partial charge in [-0.3, -0.25) is 9.59 Å². The zero-order valence-electron chi connectivity index (χ0n) is 12.9. The Kier molecular flexibility index (Phi) is 3.60. The van der Waals surface area contributed by atoms with Crippen molar-refractivity contribution in [2.24, 2.45) is 5.92 Å². The fourth-order valence-corrected chi connectivity index (χ4v) is 3.06. The van der Waals surface area contributed by atoms with Crippen LogP contribution in [-0.4, -0.2) is 28.4 Å². The van der Waals surface area contributed by atoms with Crippen LogP contribution in [0.1, 0.15) is 29.9 Å². The lowest BCUT2D eigenvalue weighted by molar-refractivity contribution is -0.148. The number of carbonyl (C=O) groups is 2. The Bertz CT molecular complexity index is 754. The van der Waals surface area contributed by atoms with Gasteiger partial charge in [-0.25, -0.2) is 0 Å². The van der Waals surface area contributed by atoms with Gasteiger partial charge in [0.25, 0.3) is 0 Å². The topological polar surface area (TPSA) is 91.4 Å². The first kappa shape index (κ1) is 15.1. The van der Waals surface area contributed by atoms with E-state index < -0.39 is 17.4 Å². The van der Waals surface area contributed by atoms with Crippen LogP contribution in [0.4, 0.5) is 5.69 Å². The molecule has 23 heavy (non-hydrogen) atoms. The molecule has 1 aromatic carbocycles. The van der Waals surface area contributed by atoms with Gasteiger partial charge < -0.3 is 20.1 Å². The molecule has 3 N–H and O–H groups in total. The van der Waals surface area contributed by atoms with Gasteiger partial charge >= 0.3 is 5.97 Å². The third-order valence-corrected chi connectivity index (χ3v) is 4.18. The van der Waals surface area contributed by atoms with Crippen molar-refractivity contribution in [2.45, 2.75) is 19.4 Å². The number of phenols is 1. The first-order valence-electron chi connectivity index (χ1n) is 7.43. The molecule has 0 amide bonds. The molecule has 2 heterocycles. The molecule has 3 rings (SSSR count). The number of esters is 1. The molecule has 120 valence electrons. The summed E-state index contributed by atoms with van der Waals surface area (Å²) < 4.78 is 5.12. The molecule has 1 aliphatic heterocycles. The standard InChI is InChI=1S/C17H18N2O4/c1-3-23-16(22)14-15(21)11-7-6-10(20)9-12(11)19-17(14,2)13-5-4-8-18-13/h4-9,14,18-20H,3H2,1-2H3/t14?,17-/m0/s1. The number of H-pyrrole nitrogens is 1. The van der Waals surface area contributed by atoms with E-state index in [0.717, 1.165) is 0 Å². The zero-order valence-corrected chi connectivity index (χ0v) is 12.9. The van der Waals surface area contributed by atoms with Crippen molar-refractivity contribution < 1.29 is 19.4 Å². The Hall–Kier alpha value is -2.76. The summed E-state index contributed by atoms with van der Waals surface area (Å²) in [5, 5.41) is 12.9. The molecular weight excluding hydrogens is 296 g/mol. The van der Waals surface area contributed by atoms with Crippen molar-refractivity contribution in [2.75, 3.05) is 11.9 Å². The van der Waals surface area contributed by atoms with Crippen molar-refractivity contribution in [3.05, 3.63) is 47.8 Å². The third-order valence-electron chi connectivity index (χ3n) is 4.18. The predicted molar refractivity (Wildman–Crippen MR) is 84.3 cm³/mol. The Labute approximate surface area is 133 Å². The first-order chi connectivity index (χ1) is 11.0. The molecule has 0 saturated carbocycles. The molecule has 0 radical (unpaired) electrons. The molecule has 0 bridgehead atoms. The van der Waals surface area contributed by atoms with Crippen molar-refractivity contribution >= 4 is 17.4 Å². The molecule has 2 atom stereocenters. The van der Waals surface area contributed by atoms with Crippen LogP contribution in [-0.2, 0) is 15.1 Å². The smallest absolute Gasteiger partial charge is 0.319 e. The maximum absolute atomic E-state index is 12.9. The average molecular weight is 314 g/mol. The van der Waals surface area contributed by atoms with Crippen molar-refractivity contribution in [1.82, 2.24) is 4.98 Å². The summed E-state index contributed by atoms with van der Waals surface area (Å²) in [5.74, 6) is -1.86. The number of fused-ring (bicyclic) bond motifs is 1. The number of aromatic amines is 1. The van der Waals surface area contributed by atoms with Crippen LogP contribution in [0.3, 0.4) is 0 Å². The Balaban J connectivity index is 2.16. The lowest BCUT2D eigenvalue weighted by atomic mass is 9.74. The van der Waals surface area contributed by atoms with Gasteiger partial charge in [0, 0.05) is 29.2 Å². The van der Waals surface area contributed by atoms with Crippen LogP contribution in [0.5, 0.6) is 5.75 Å². The van der Waals surface area contributed by atoms with E-state index in [4.69, 9.17) is 4.74 Å². The minimum Gasteiger partial charge on any atom is -0.508 e. The molecule has 0 spiro atoms. The van der Waals surface area contributed by atoms with E-state index in [1.165, 1.54) is 18.2 Å². The number of anilines is 1. The van der Waals surface area contributed by atoms with Crippen molar-refractivity contribution in [3.63, 3.8) is 0 Å². The Morgan fingerprint density at radius 2 is 2.17 bits per heavy atom. The van der Waals surface area contributed by atoms with E-state index in [9.17, 15) is 14.7 Å². The number of ether oxygens (including phenoxy) is 1.